The summed E-state index contributed by atoms with van der Waals surface area (Å²) in [7, 11) is 3.89. The minimum Gasteiger partial charge on any atom is -0.508 e. The van der Waals surface area contributed by atoms with Gasteiger partial charge < -0.3 is 19.7 Å². The molecule has 2 N–H and O–H groups in total. The Morgan fingerprint density at radius 1 is 1.16 bits per heavy atom. The Morgan fingerprint density at radius 2 is 1.97 bits per heavy atom. The first-order valence-corrected chi connectivity index (χ1v) is 12.7. The molecule has 0 amide bonds. The zero-order chi connectivity index (χ0) is 21.8. The molecule has 2 aliphatic heterocycles. The number of fused-ring (bicyclic) bond motifs is 1. The first-order chi connectivity index (χ1) is 15.0. The summed E-state index contributed by atoms with van der Waals surface area (Å²) in [5, 5.41) is 20.3. The van der Waals surface area contributed by atoms with Crippen LogP contribution in [0.2, 0.25) is 0 Å². The molecule has 2 aliphatic rings. The second-order valence-corrected chi connectivity index (χ2v) is 10.5. The van der Waals surface area contributed by atoms with Crippen LogP contribution in [0.5, 0.6) is 23.0 Å². The summed E-state index contributed by atoms with van der Waals surface area (Å²) in [6.07, 6.45) is 4.20. The number of benzene rings is 2. The molecule has 0 aliphatic carbocycles. The third-order valence-electron chi connectivity index (χ3n) is 5.35. The van der Waals surface area contributed by atoms with E-state index < -0.39 is 6.10 Å². The molecule has 2 aromatic rings. The second kappa shape index (κ2) is 9.87. The third kappa shape index (κ3) is 5.49. The molecule has 6 nitrogen and oxygen atoms in total. The largest absolute Gasteiger partial charge is 0.508 e. The van der Waals surface area contributed by atoms with Crippen LogP contribution in [0.1, 0.15) is 60.6 Å². The monoisotopic (exact) mass is 460 g/mol. The smallest absolute Gasteiger partial charge is 0.311 e. The molecule has 1 fully saturated rings. The van der Waals surface area contributed by atoms with Crippen molar-refractivity contribution in [1.82, 2.24) is 0 Å². The van der Waals surface area contributed by atoms with Crippen molar-refractivity contribution in [2.45, 2.75) is 49.9 Å². The highest BCUT2D eigenvalue weighted by Crippen LogP contribution is 2.42. The van der Waals surface area contributed by atoms with E-state index in [1.54, 1.807) is 24.3 Å². The van der Waals surface area contributed by atoms with Crippen molar-refractivity contribution in [2.24, 2.45) is 0 Å². The van der Waals surface area contributed by atoms with Gasteiger partial charge in [-0.25, -0.2) is 0 Å². The van der Waals surface area contributed by atoms with Crippen LogP contribution < -0.4 is 9.47 Å². The van der Waals surface area contributed by atoms with E-state index >= 15 is 0 Å². The van der Waals surface area contributed by atoms with E-state index in [0.717, 1.165) is 36.1 Å². The number of carbonyl (C=O) groups excluding carboxylic acids is 2. The molecule has 31 heavy (non-hydrogen) atoms. The van der Waals surface area contributed by atoms with Gasteiger partial charge >= 0.3 is 5.97 Å². The van der Waals surface area contributed by atoms with Gasteiger partial charge in [0.1, 0.15) is 34.7 Å². The molecule has 164 valence electrons. The fourth-order valence-corrected chi connectivity index (χ4v) is 6.78. The van der Waals surface area contributed by atoms with Crippen molar-refractivity contribution in [3.63, 3.8) is 0 Å². The average molecular weight is 461 g/mol. The van der Waals surface area contributed by atoms with Crippen LogP contribution in [0.3, 0.4) is 0 Å². The van der Waals surface area contributed by atoms with Gasteiger partial charge in [-0.05, 0) is 37.0 Å². The first-order valence-electron chi connectivity index (χ1n) is 10.3. The van der Waals surface area contributed by atoms with Gasteiger partial charge in [-0.3, -0.25) is 9.59 Å². The van der Waals surface area contributed by atoms with Crippen LogP contribution in [0.15, 0.2) is 36.4 Å². The van der Waals surface area contributed by atoms with E-state index in [4.69, 9.17) is 9.47 Å². The minimum atomic E-state index is -0.544. The molecule has 8 heteroatoms. The summed E-state index contributed by atoms with van der Waals surface area (Å²) in [6, 6.07) is 9.31. The van der Waals surface area contributed by atoms with E-state index in [1.165, 1.54) is 18.2 Å². The molecule has 2 heterocycles. The van der Waals surface area contributed by atoms with Gasteiger partial charge in [0.2, 0.25) is 0 Å². The van der Waals surface area contributed by atoms with Crippen LogP contribution in [-0.4, -0.2) is 33.0 Å². The van der Waals surface area contributed by atoms with Crippen molar-refractivity contribution in [3.05, 3.63) is 47.5 Å². The summed E-state index contributed by atoms with van der Waals surface area (Å²) in [5.41, 5.74) is 0.832. The molecule has 1 saturated heterocycles. The molecule has 0 aromatic heterocycles. The normalized spacial score (nSPS) is 20.2. The molecule has 0 radical (unpaired) electrons. The zero-order valence-electron chi connectivity index (χ0n) is 16.9. The maximum Gasteiger partial charge on any atom is 0.311 e. The van der Waals surface area contributed by atoms with Gasteiger partial charge in [0.15, 0.2) is 5.78 Å². The average Bonchev–Trinajstić information content (AvgIpc) is 3.24. The van der Waals surface area contributed by atoms with Crippen molar-refractivity contribution < 1.29 is 29.3 Å². The highest BCUT2D eigenvalue weighted by atomic mass is 33.1. The lowest BCUT2D eigenvalue weighted by molar-refractivity contribution is -0.134. The van der Waals surface area contributed by atoms with E-state index in [9.17, 15) is 19.8 Å². The maximum absolute atomic E-state index is 12.4. The number of hydrogen-bond donors (Lipinski definition) is 2. The molecule has 0 saturated carbocycles. The SMILES string of the molecule is O=C(CCCCC1CCSS1)Oc1ccc(C2CC(=O)c3c(O)cc(O)cc3O2)cc1. The molecule has 0 bridgehead atoms. The van der Waals surface area contributed by atoms with Crippen molar-refractivity contribution in [1.29, 1.82) is 0 Å². The zero-order valence-corrected chi connectivity index (χ0v) is 18.5. The number of ketones is 1. The second-order valence-electron chi connectivity index (χ2n) is 7.69. The lowest BCUT2D eigenvalue weighted by atomic mass is 9.95. The summed E-state index contributed by atoms with van der Waals surface area (Å²) < 4.78 is 11.2. The number of rotatable bonds is 7. The lowest BCUT2D eigenvalue weighted by Gasteiger charge is -2.26. The quantitative estimate of drug-likeness (QED) is 0.245. The predicted molar refractivity (Wildman–Crippen MR) is 121 cm³/mol. The minimum absolute atomic E-state index is 0.0717. The number of ether oxygens (including phenoxy) is 2. The van der Waals surface area contributed by atoms with E-state index in [2.05, 4.69) is 0 Å². The van der Waals surface area contributed by atoms with Crippen LogP contribution in [-0.2, 0) is 4.79 Å². The van der Waals surface area contributed by atoms with Crippen molar-refractivity contribution >= 4 is 33.3 Å². The van der Waals surface area contributed by atoms with Gasteiger partial charge in [-0.1, -0.05) is 40.1 Å². The summed E-state index contributed by atoms with van der Waals surface area (Å²) in [6.45, 7) is 0. The van der Waals surface area contributed by atoms with E-state index in [0.29, 0.717) is 12.2 Å². The predicted octanol–water partition coefficient (Wildman–Crippen LogP) is 5.42. The molecule has 0 spiro atoms. The van der Waals surface area contributed by atoms with Crippen LogP contribution >= 0.6 is 21.6 Å². The van der Waals surface area contributed by atoms with Crippen molar-refractivity contribution in [3.8, 4) is 23.0 Å². The van der Waals surface area contributed by atoms with Gasteiger partial charge in [0.25, 0.3) is 0 Å². The summed E-state index contributed by atoms with van der Waals surface area (Å²) in [5.74, 6) is 0.872. The number of unbranched alkanes of at least 4 members (excludes halogenated alkanes) is 1. The van der Waals surface area contributed by atoms with Gasteiger partial charge in [-0.2, -0.15) is 0 Å². The Balaban J connectivity index is 1.30. The fourth-order valence-electron chi connectivity index (χ4n) is 3.75. The first kappa shape index (κ1) is 21.9. The summed E-state index contributed by atoms with van der Waals surface area (Å²) >= 11 is 0. The van der Waals surface area contributed by atoms with Gasteiger partial charge in [-0.15, -0.1) is 0 Å². The Kier molecular flexibility index (Phi) is 6.97. The third-order valence-corrected chi connectivity index (χ3v) is 8.36. The molecule has 2 unspecified atom stereocenters. The number of hydrogen-bond acceptors (Lipinski definition) is 8. The van der Waals surface area contributed by atoms with Crippen LogP contribution in [0.25, 0.3) is 0 Å². The highest BCUT2D eigenvalue weighted by molar-refractivity contribution is 8.77. The Labute approximate surface area is 188 Å². The maximum atomic E-state index is 12.4. The topological polar surface area (TPSA) is 93.1 Å². The molecule has 2 aromatic carbocycles. The summed E-state index contributed by atoms with van der Waals surface area (Å²) in [4.78, 5) is 24.5. The lowest BCUT2D eigenvalue weighted by Crippen LogP contribution is -2.20. The van der Waals surface area contributed by atoms with E-state index in [-0.39, 0.29) is 41.0 Å². The van der Waals surface area contributed by atoms with Crippen molar-refractivity contribution in [2.75, 3.05) is 5.75 Å². The van der Waals surface area contributed by atoms with Crippen LogP contribution in [0, 0.1) is 0 Å². The number of carbonyl (C=O) groups is 2. The fraction of sp³-hybridized carbons (Fsp3) is 0.391. The van der Waals surface area contributed by atoms with Crippen LogP contribution in [0.4, 0.5) is 0 Å². The van der Waals surface area contributed by atoms with E-state index in [1.807, 2.05) is 21.6 Å². The highest BCUT2D eigenvalue weighted by Gasteiger charge is 2.30. The van der Waals surface area contributed by atoms with Gasteiger partial charge in [0, 0.05) is 29.6 Å². The Hall–Kier alpha value is -2.32. The number of Topliss-reactive ketones (excluding diaryl/α,β-unsaturated/α-hetero) is 1. The Morgan fingerprint density at radius 3 is 2.71 bits per heavy atom. The molecular formula is C23H24O6S2. The number of esters is 1. The van der Waals surface area contributed by atoms with Gasteiger partial charge in [0.05, 0.1) is 6.42 Å². The number of aromatic hydroxyl groups is 2. The molecule has 2 atom stereocenters. The number of phenols is 2. The molecular weight excluding hydrogens is 436 g/mol. The molecule has 4 rings (SSSR count). The standard InChI is InChI=1S/C23H24O6S2/c24-15-11-18(25)23-19(26)13-20(29-21(23)12-15)14-5-7-16(8-6-14)28-22(27)4-2-1-3-17-9-10-30-31-17/h5-8,11-12,17,20,24-25H,1-4,9-10,13H2. The Bertz CT molecular complexity index is 953. The number of phenolic OH excluding ortho intramolecular Hbond substituents is 2.